The number of nitrogens with one attached hydrogen (secondary N) is 1. The average Bonchev–Trinajstić information content (AvgIpc) is 3.45. The maximum absolute atomic E-state index is 12.9. The van der Waals surface area contributed by atoms with E-state index in [1.54, 1.807) is 12.1 Å². The van der Waals surface area contributed by atoms with Crippen molar-refractivity contribution in [2.75, 3.05) is 24.3 Å². The quantitative estimate of drug-likeness (QED) is 0.224. The van der Waals surface area contributed by atoms with E-state index in [0.717, 1.165) is 16.6 Å². The van der Waals surface area contributed by atoms with Crippen LogP contribution in [0.5, 0.6) is 11.5 Å². The van der Waals surface area contributed by atoms with Crippen molar-refractivity contribution in [3.05, 3.63) is 77.3 Å². The van der Waals surface area contributed by atoms with E-state index < -0.39 is 0 Å². The highest BCUT2D eigenvalue weighted by Gasteiger charge is 2.18. The summed E-state index contributed by atoms with van der Waals surface area (Å²) in [5.74, 6) is 1.95. The first kappa shape index (κ1) is 25.0. The lowest BCUT2D eigenvalue weighted by Gasteiger charge is -2.13. The first-order valence-electron chi connectivity index (χ1n) is 12.0. The third-order valence-electron chi connectivity index (χ3n) is 5.69. The van der Waals surface area contributed by atoms with Crippen molar-refractivity contribution in [3.8, 4) is 11.5 Å². The van der Waals surface area contributed by atoms with E-state index in [2.05, 4.69) is 26.1 Å². The number of fused-ring (bicyclic) bond motifs is 3. The molecular weight excluding hydrogens is 510 g/mol. The van der Waals surface area contributed by atoms with Crippen LogP contribution in [0.25, 0.3) is 16.8 Å². The molecule has 190 valence electrons. The highest BCUT2D eigenvalue weighted by molar-refractivity contribution is 7.99. The summed E-state index contributed by atoms with van der Waals surface area (Å²) in [6, 6.07) is 21.2. The summed E-state index contributed by atoms with van der Waals surface area (Å²) in [6.07, 6.45) is 0. The second-order valence-electron chi connectivity index (χ2n) is 8.18. The summed E-state index contributed by atoms with van der Waals surface area (Å²) in [5.41, 5.74) is 3.68. The van der Waals surface area contributed by atoms with Gasteiger partial charge in [-0.1, -0.05) is 47.6 Å². The zero-order valence-corrected chi connectivity index (χ0v) is 22.1. The van der Waals surface area contributed by atoms with Crippen LogP contribution in [0.2, 0.25) is 5.02 Å². The van der Waals surface area contributed by atoms with E-state index in [9.17, 15) is 4.79 Å². The van der Waals surface area contributed by atoms with Gasteiger partial charge in [0.2, 0.25) is 11.7 Å². The van der Waals surface area contributed by atoms with Gasteiger partial charge in [-0.3, -0.25) is 9.20 Å². The van der Waals surface area contributed by atoms with Gasteiger partial charge < -0.3 is 19.4 Å². The lowest BCUT2D eigenvalue weighted by atomic mass is 10.2. The number of imidazole rings is 1. The second kappa shape index (κ2) is 11.1. The van der Waals surface area contributed by atoms with Gasteiger partial charge in [0, 0.05) is 11.1 Å². The SMILES string of the molecule is CCOc1ccc(OCC)c(NC(=O)CSc2nnc3n(Cc4ccc(Cl)cc4)c4ccccc4n23)c1. The second-order valence-corrected chi connectivity index (χ2v) is 9.56. The minimum atomic E-state index is -0.179. The third-order valence-corrected chi connectivity index (χ3v) is 6.87. The predicted molar refractivity (Wildman–Crippen MR) is 147 cm³/mol. The standard InChI is InChI=1S/C27H26ClN5O3S/c1-3-35-20-13-14-24(36-4-2)21(15-20)29-25(34)17-37-27-31-30-26-32(16-18-9-11-19(28)12-10-18)22-7-5-6-8-23(22)33(26)27/h5-15H,3-4,16-17H2,1-2H3,(H,29,34). The molecule has 0 atom stereocenters. The van der Waals surface area contributed by atoms with Crippen LogP contribution >= 0.6 is 23.4 Å². The van der Waals surface area contributed by atoms with Crippen LogP contribution in [0, 0.1) is 0 Å². The molecule has 0 aliphatic heterocycles. The summed E-state index contributed by atoms with van der Waals surface area (Å²) < 4.78 is 15.4. The van der Waals surface area contributed by atoms with Crippen molar-refractivity contribution in [2.24, 2.45) is 0 Å². The van der Waals surface area contributed by atoms with Crippen LogP contribution < -0.4 is 14.8 Å². The number of hydrogen-bond donors (Lipinski definition) is 1. The molecule has 0 bridgehead atoms. The number of thioether (sulfide) groups is 1. The summed E-state index contributed by atoms with van der Waals surface area (Å²) in [7, 11) is 0. The lowest BCUT2D eigenvalue weighted by Crippen LogP contribution is -2.15. The molecule has 0 aliphatic rings. The molecule has 0 aliphatic carbocycles. The van der Waals surface area contributed by atoms with Crippen LogP contribution in [0.1, 0.15) is 19.4 Å². The Morgan fingerprint density at radius 3 is 2.49 bits per heavy atom. The number of amides is 1. The number of benzene rings is 3. The van der Waals surface area contributed by atoms with Gasteiger partial charge in [-0.25, -0.2) is 0 Å². The van der Waals surface area contributed by atoms with Crippen LogP contribution in [-0.4, -0.2) is 44.0 Å². The molecule has 0 fully saturated rings. The monoisotopic (exact) mass is 535 g/mol. The molecule has 0 radical (unpaired) electrons. The Labute approximate surface area is 223 Å². The van der Waals surface area contributed by atoms with E-state index in [-0.39, 0.29) is 11.7 Å². The summed E-state index contributed by atoms with van der Waals surface area (Å²) in [6.45, 7) is 5.46. The molecule has 37 heavy (non-hydrogen) atoms. The van der Waals surface area contributed by atoms with E-state index in [1.165, 1.54) is 11.8 Å². The fourth-order valence-electron chi connectivity index (χ4n) is 4.12. The van der Waals surface area contributed by atoms with E-state index in [1.807, 2.05) is 66.8 Å². The van der Waals surface area contributed by atoms with Crippen LogP contribution in [0.15, 0.2) is 71.9 Å². The van der Waals surface area contributed by atoms with Gasteiger partial charge in [0.05, 0.1) is 42.2 Å². The smallest absolute Gasteiger partial charge is 0.237 e. The first-order chi connectivity index (χ1) is 18.1. The molecule has 1 amide bonds. The van der Waals surface area contributed by atoms with E-state index in [4.69, 9.17) is 21.1 Å². The minimum absolute atomic E-state index is 0.155. The zero-order valence-electron chi connectivity index (χ0n) is 20.5. The Balaban J connectivity index is 1.38. The molecule has 0 saturated carbocycles. The molecule has 3 aromatic carbocycles. The van der Waals surface area contributed by atoms with Crippen molar-refractivity contribution in [1.82, 2.24) is 19.2 Å². The van der Waals surface area contributed by atoms with Gasteiger partial charge in [0.15, 0.2) is 5.16 Å². The normalized spacial score (nSPS) is 11.2. The molecule has 0 unspecified atom stereocenters. The van der Waals surface area contributed by atoms with Crippen LogP contribution in [0.3, 0.4) is 0 Å². The summed E-state index contributed by atoms with van der Waals surface area (Å²) >= 11 is 7.39. The topological polar surface area (TPSA) is 82.7 Å². The van der Waals surface area contributed by atoms with Gasteiger partial charge in [-0.2, -0.15) is 0 Å². The zero-order chi connectivity index (χ0) is 25.8. The molecule has 1 N–H and O–H groups in total. The number of ether oxygens (including phenoxy) is 2. The van der Waals surface area contributed by atoms with Crippen molar-refractivity contribution in [1.29, 1.82) is 0 Å². The average molecular weight is 536 g/mol. The Hall–Kier alpha value is -3.69. The number of anilines is 1. The highest BCUT2D eigenvalue weighted by Crippen LogP contribution is 2.31. The Morgan fingerprint density at radius 1 is 0.973 bits per heavy atom. The van der Waals surface area contributed by atoms with Gasteiger partial charge in [-0.15, -0.1) is 10.2 Å². The van der Waals surface area contributed by atoms with E-state index in [0.29, 0.717) is 52.9 Å². The number of rotatable bonds is 10. The van der Waals surface area contributed by atoms with Gasteiger partial charge in [0.25, 0.3) is 0 Å². The highest BCUT2D eigenvalue weighted by atomic mass is 35.5. The fraction of sp³-hybridized carbons (Fsp3) is 0.222. The Kier molecular flexibility index (Phi) is 7.52. The molecule has 0 saturated heterocycles. The number of halogens is 1. The van der Waals surface area contributed by atoms with Crippen LogP contribution in [-0.2, 0) is 11.3 Å². The Morgan fingerprint density at radius 2 is 1.73 bits per heavy atom. The number of nitrogens with zero attached hydrogens (tertiary/aromatic N) is 4. The number of hydrogen-bond acceptors (Lipinski definition) is 6. The molecular formula is C27H26ClN5O3S. The van der Waals surface area contributed by atoms with Gasteiger partial charge >= 0.3 is 0 Å². The molecule has 8 nitrogen and oxygen atoms in total. The summed E-state index contributed by atoms with van der Waals surface area (Å²) in [4.78, 5) is 12.9. The summed E-state index contributed by atoms with van der Waals surface area (Å²) in [5, 5.41) is 13.1. The first-order valence-corrected chi connectivity index (χ1v) is 13.3. The van der Waals surface area contributed by atoms with Gasteiger partial charge in [0.1, 0.15) is 11.5 Å². The molecule has 5 rings (SSSR count). The van der Waals surface area contributed by atoms with Crippen molar-refractivity contribution in [2.45, 2.75) is 25.5 Å². The van der Waals surface area contributed by atoms with Gasteiger partial charge in [-0.05, 0) is 55.8 Å². The number of carbonyl (C=O) groups is 1. The predicted octanol–water partition coefficient (Wildman–Crippen LogP) is 5.91. The maximum atomic E-state index is 12.9. The molecule has 2 aromatic heterocycles. The number of aromatic nitrogens is 4. The number of carbonyl (C=O) groups excluding carboxylic acids is 1. The third kappa shape index (κ3) is 5.38. The van der Waals surface area contributed by atoms with Crippen molar-refractivity contribution in [3.63, 3.8) is 0 Å². The molecule has 10 heteroatoms. The fourth-order valence-corrected chi connectivity index (χ4v) is 4.99. The lowest BCUT2D eigenvalue weighted by molar-refractivity contribution is -0.113. The largest absolute Gasteiger partial charge is 0.494 e. The molecule has 5 aromatic rings. The minimum Gasteiger partial charge on any atom is -0.494 e. The van der Waals surface area contributed by atoms with Crippen LogP contribution in [0.4, 0.5) is 5.69 Å². The Bertz CT molecular complexity index is 1550. The van der Waals surface area contributed by atoms with Crippen molar-refractivity contribution < 1.29 is 14.3 Å². The molecule has 0 spiro atoms. The molecule has 2 heterocycles. The number of para-hydroxylation sites is 2. The maximum Gasteiger partial charge on any atom is 0.237 e. The van der Waals surface area contributed by atoms with Crippen molar-refractivity contribution >= 4 is 51.8 Å². The van der Waals surface area contributed by atoms with E-state index >= 15 is 0 Å².